The Kier molecular flexibility index (Phi) is 5.13. The van der Waals surface area contributed by atoms with Gasteiger partial charge in [-0.1, -0.05) is 23.7 Å². The second-order valence-corrected chi connectivity index (χ2v) is 5.94. The third kappa shape index (κ3) is 3.65. The Labute approximate surface area is 154 Å². The van der Waals surface area contributed by atoms with E-state index in [4.69, 9.17) is 21.1 Å². The van der Waals surface area contributed by atoms with Gasteiger partial charge in [0, 0.05) is 13.2 Å². The lowest BCUT2D eigenvalue weighted by molar-refractivity contribution is -0.128. The van der Waals surface area contributed by atoms with Gasteiger partial charge in [-0.2, -0.15) is 0 Å². The second kappa shape index (κ2) is 7.49. The number of nitrogens with zero attached hydrogens (tertiary/aromatic N) is 1. The van der Waals surface area contributed by atoms with Gasteiger partial charge < -0.3 is 24.7 Å². The number of fused-ring (bicyclic) bond motifs is 1. The van der Waals surface area contributed by atoms with Crippen LogP contribution in [0.4, 0.5) is 5.69 Å². The first-order valence-electron chi connectivity index (χ1n) is 7.78. The average molecular weight is 378 g/mol. The minimum Gasteiger partial charge on any atom is -0.477 e. The van der Waals surface area contributed by atoms with Gasteiger partial charge in [-0.25, -0.2) is 4.79 Å². The smallest absolute Gasteiger partial charge is 0.355 e. The van der Waals surface area contributed by atoms with Gasteiger partial charge in [-0.3, -0.25) is 9.59 Å². The molecule has 26 heavy (non-hydrogen) atoms. The monoisotopic (exact) mass is 377 g/mol. The summed E-state index contributed by atoms with van der Waals surface area (Å²) >= 11 is 5.74. The molecule has 8 nitrogen and oxygen atoms in total. The van der Waals surface area contributed by atoms with Gasteiger partial charge in [-0.05, 0) is 18.2 Å². The molecule has 2 aromatic rings. The van der Waals surface area contributed by atoms with E-state index in [0.717, 1.165) is 0 Å². The van der Waals surface area contributed by atoms with Crippen LogP contribution in [-0.2, 0) is 14.3 Å². The van der Waals surface area contributed by atoms with Crippen molar-refractivity contribution < 1.29 is 23.9 Å². The van der Waals surface area contributed by atoms with Crippen LogP contribution in [-0.4, -0.2) is 49.1 Å². The number of aromatic nitrogens is 1. The van der Waals surface area contributed by atoms with Crippen LogP contribution in [0, 0.1) is 0 Å². The van der Waals surface area contributed by atoms with Gasteiger partial charge in [-0.15, -0.1) is 0 Å². The molecule has 2 heterocycles. The number of amides is 2. The Hall–Kier alpha value is -3.00. The van der Waals surface area contributed by atoms with E-state index in [1.54, 1.807) is 24.3 Å². The standard InChI is InChI=1S/C17H16ClN3O5/c1-19-16(23)14-8-21(12-4-2-3-5-13(12)26-14)15(22)9-25-17(24)11-6-10(18)7-20-11/h2-7,14,20H,8-9H2,1H3,(H,19,23)/t14-/m0/s1. The van der Waals surface area contributed by atoms with Crippen LogP contribution in [0.15, 0.2) is 36.5 Å². The molecule has 0 bridgehead atoms. The van der Waals surface area contributed by atoms with E-state index >= 15 is 0 Å². The van der Waals surface area contributed by atoms with Crippen LogP contribution in [0.25, 0.3) is 0 Å². The lowest BCUT2D eigenvalue weighted by atomic mass is 10.1. The van der Waals surface area contributed by atoms with E-state index in [0.29, 0.717) is 16.5 Å². The van der Waals surface area contributed by atoms with Crippen LogP contribution in [0.3, 0.4) is 0 Å². The first-order chi connectivity index (χ1) is 12.5. The normalized spacial score (nSPS) is 15.6. The van der Waals surface area contributed by atoms with Crippen molar-refractivity contribution in [3.8, 4) is 5.75 Å². The topological polar surface area (TPSA) is 101 Å². The molecule has 2 amide bonds. The number of anilines is 1. The number of ether oxygens (including phenoxy) is 2. The van der Waals surface area contributed by atoms with Crippen molar-refractivity contribution >= 4 is 35.1 Å². The van der Waals surface area contributed by atoms with Crippen molar-refractivity contribution in [2.75, 3.05) is 25.1 Å². The van der Waals surface area contributed by atoms with Gasteiger partial charge >= 0.3 is 5.97 Å². The van der Waals surface area contributed by atoms with E-state index < -0.39 is 24.6 Å². The number of benzene rings is 1. The van der Waals surface area contributed by atoms with Crippen LogP contribution < -0.4 is 15.0 Å². The molecular formula is C17H16ClN3O5. The number of esters is 1. The van der Waals surface area contributed by atoms with Crippen molar-refractivity contribution in [3.05, 3.63) is 47.2 Å². The summed E-state index contributed by atoms with van der Waals surface area (Å²) in [7, 11) is 1.49. The lowest BCUT2D eigenvalue weighted by Gasteiger charge is -2.33. The maximum absolute atomic E-state index is 12.6. The molecule has 0 spiro atoms. The minimum atomic E-state index is -0.850. The molecule has 0 fully saturated rings. The van der Waals surface area contributed by atoms with Crippen LogP contribution >= 0.6 is 11.6 Å². The molecule has 2 N–H and O–H groups in total. The van der Waals surface area contributed by atoms with E-state index in [1.165, 1.54) is 24.2 Å². The number of likely N-dealkylation sites (N-methyl/N-ethyl adjacent to an activating group) is 1. The summed E-state index contributed by atoms with van der Waals surface area (Å²) in [5.74, 6) is -1.12. The third-order valence-electron chi connectivity index (χ3n) is 3.81. The van der Waals surface area contributed by atoms with Gasteiger partial charge in [0.1, 0.15) is 11.4 Å². The zero-order chi connectivity index (χ0) is 18.7. The number of carbonyl (C=O) groups excluding carboxylic acids is 3. The van der Waals surface area contributed by atoms with Gasteiger partial charge in [0.25, 0.3) is 11.8 Å². The summed E-state index contributed by atoms with van der Waals surface area (Å²) < 4.78 is 10.7. The maximum atomic E-state index is 12.6. The first-order valence-corrected chi connectivity index (χ1v) is 8.16. The Morgan fingerprint density at radius 3 is 2.85 bits per heavy atom. The molecule has 1 aliphatic heterocycles. The maximum Gasteiger partial charge on any atom is 0.355 e. The number of nitrogens with one attached hydrogen (secondary N) is 2. The van der Waals surface area contributed by atoms with Crippen LogP contribution in [0.2, 0.25) is 5.02 Å². The Bertz CT molecular complexity index is 850. The molecule has 0 radical (unpaired) electrons. The highest BCUT2D eigenvalue weighted by Crippen LogP contribution is 2.33. The highest BCUT2D eigenvalue weighted by Gasteiger charge is 2.33. The molecular weight excluding hydrogens is 362 g/mol. The fourth-order valence-corrected chi connectivity index (χ4v) is 2.70. The number of hydrogen-bond donors (Lipinski definition) is 2. The van der Waals surface area contributed by atoms with E-state index in [1.807, 2.05) is 0 Å². The molecule has 9 heteroatoms. The molecule has 1 atom stereocenters. The molecule has 1 aliphatic rings. The predicted molar refractivity (Wildman–Crippen MR) is 93.4 cm³/mol. The summed E-state index contributed by atoms with van der Waals surface area (Å²) in [5.41, 5.74) is 0.657. The number of para-hydroxylation sites is 2. The van der Waals surface area contributed by atoms with Crippen molar-refractivity contribution in [2.24, 2.45) is 0 Å². The number of halogens is 1. The lowest BCUT2D eigenvalue weighted by Crippen LogP contribution is -2.51. The van der Waals surface area contributed by atoms with Crippen LogP contribution in [0.1, 0.15) is 10.5 Å². The first kappa shape index (κ1) is 17.8. The summed E-state index contributed by atoms with van der Waals surface area (Å²) in [6, 6.07) is 8.25. The zero-order valence-corrected chi connectivity index (χ0v) is 14.6. The molecule has 136 valence electrons. The molecule has 0 saturated carbocycles. The second-order valence-electron chi connectivity index (χ2n) is 5.50. The van der Waals surface area contributed by atoms with Gasteiger partial charge in [0.2, 0.25) is 0 Å². The quantitative estimate of drug-likeness (QED) is 0.784. The Morgan fingerprint density at radius 2 is 2.15 bits per heavy atom. The minimum absolute atomic E-state index is 0.0153. The fourth-order valence-electron chi connectivity index (χ4n) is 2.54. The zero-order valence-electron chi connectivity index (χ0n) is 13.8. The van der Waals surface area contributed by atoms with E-state index in [-0.39, 0.29) is 18.1 Å². The van der Waals surface area contributed by atoms with E-state index in [2.05, 4.69) is 10.3 Å². The third-order valence-corrected chi connectivity index (χ3v) is 4.03. The van der Waals surface area contributed by atoms with Crippen molar-refractivity contribution in [3.63, 3.8) is 0 Å². The molecule has 3 rings (SSSR count). The number of aromatic amines is 1. The molecule has 0 aliphatic carbocycles. The fraction of sp³-hybridized carbons (Fsp3) is 0.235. The highest BCUT2D eigenvalue weighted by atomic mass is 35.5. The van der Waals surface area contributed by atoms with Gasteiger partial charge in [0.15, 0.2) is 12.7 Å². The number of carbonyl (C=O) groups is 3. The van der Waals surface area contributed by atoms with Crippen molar-refractivity contribution in [1.82, 2.24) is 10.3 Å². The number of H-pyrrole nitrogens is 1. The number of hydrogen-bond acceptors (Lipinski definition) is 5. The Morgan fingerprint density at radius 1 is 1.38 bits per heavy atom. The van der Waals surface area contributed by atoms with Crippen LogP contribution in [0.5, 0.6) is 5.75 Å². The Balaban J connectivity index is 1.72. The summed E-state index contributed by atoms with van der Waals surface area (Å²) in [6.45, 7) is -0.467. The largest absolute Gasteiger partial charge is 0.477 e. The SMILES string of the molecule is CNC(=O)[C@@H]1CN(C(=O)COC(=O)c2cc(Cl)c[nH]2)c2ccccc2O1. The average Bonchev–Trinajstić information content (AvgIpc) is 3.10. The summed E-state index contributed by atoms with van der Waals surface area (Å²) in [6.07, 6.45) is 0.586. The molecule has 1 aromatic carbocycles. The number of rotatable bonds is 4. The van der Waals surface area contributed by atoms with Gasteiger partial charge in [0.05, 0.1) is 17.3 Å². The highest BCUT2D eigenvalue weighted by molar-refractivity contribution is 6.30. The molecule has 0 saturated heterocycles. The molecule has 1 aromatic heterocycles. The predicted octanol–water partition coefficient (Wildman–Crippen LogP) is 1.37. The van der Waals surface area contributed by atoms with Crippen molar-refractivity contribution in [1.29, 1.82) is 0 Å². The summed E-state index contributed by atoms with van der Waals surface area (Å²) in [5, 5.41) is 2.86. The summed E-state index contributed by atoms with van der Waals surface area (Å²) in [4.78, 5) is 40.5. The molecule has 0 unspecified atom stereocenters. The van der Waals surface area contributed by atoms with E-state index in [9.17, 15) is 14.4 Å². The van der Waals surface area contributed by atoms with Crippen molar-refractivity contribution in [2.45, 2.75) is 6.10 Å².